The van der Waals surface area contributed by atoms with Gasteiger partial charge >= 0.3 is 0 Å². The number of nitrogens with two attached hydrogens (primary N) is 1. The van der Waals surface area contributed by atoms with Gasteiger partial charge in [-0.3, -0.25) is 4.79 Å². The van der Waals surface area contributed by atoms with Gasteiger partial charge in [0.05, 0.1) is 0 Å². The van der Waals surface area contributed by atoms with Crippen LogP contribution in [0.1, 0.15) is 12.2 Å². The summed E-state index contributed by atoms with van der Waals surface area (Å²) < 4.78 is 2.17. The van der Waals surface area contributed by atoms with Gasteiger partial charge < -0.3 is 15.2 Å². The van der Waals surface area contributed by atoms with Crippen molar-refractivity contribution < 1.29 is 4.79 Å². The summed E-state index contributed by atoms with van der Waals surface area (Å²) in [6.07, 6.45) is 7.78. The molecule has 98 valence electrons. The number of carbonyl (C=O) groups is 1. The van der Waals surface area contributed by atoms with Crippen LogP contribution >= 0.6 is 0 Å². The van der Waals surface area contributed by atoms with Gasteiger partial charge in [0.15, 0.2) is 0 Å². The number of likely N-dealkylation sites (N-methyl/N-ethyl adjacent to an activating group) is 1. The van der Waals surface area contributed by atoms with Gasteiger partial charge in [0, 0.05) is 37.5 Å². The van der Waals surface area contributed by atoms with E-state index in [4.69, 9.17) is 5.73 Å². The third kappa shape index (κ3) is 2.98. The summed E-state index contributed by atoms with van der Waals surface area (Å²) >= 11 is 0. The number of rotatable bonds is 4. The fourth-order valence-electron chi connectivity index (χ4n) is 2.36. The lowest BCUT2D eigenvalue weighted by molar-refractivity contribution is -0.114. The van der Waals surface area contributed by atoms with Gasteiger partial charge in [-0.15, -0.1) is 0 Å². The summed E-state index contributed by atoms with van der Waals surface area (Å²) in [6, 6.07) is 0. The first-order valence-electron chi connectivity index (χ1n) is 6.21. The number of amides is 1. The molecule has 1 unspecified atom stereocenters. The predicted molar refractivity (Wildman–Crippen MR) is 69.9 cm³/mol. The highest BCUT2D eigenvalue weighted by Gasteiger charge is 2.19. The Morgan fingerprint density at radius 2 is 2.44 bits per heavy atom. The molecule has 1 aliphatic rings. The minimum atomic E-state index is -0.322. The van der Waals surface area contributed by atoms with Crippen molar-refractivity contribution >= 4 is 5.91 Å². The van der Waals surface area contributed by atoms with Crippen molar-refractivity contribution in [3.63, 3.8) is 0 Å². The third-order valence-electron chi connectivity index (χ3n) is 3.23. The Kier molecular flexibility index (Phi) is 3.81. The van der Waals surface area contributed by atoms with Crippen LogP contribution in [0, 0.1) is 5.92 Å². The van der Waals surface area contributed by atoms with Crippen LogP contribution < -0.4 is 5.73 Å². The number of primary amides is 1. The first kappa shape index (κ1) is 12.8. The summed E-state index contributed by atoms with van der Waals surface area (Å²) in [7, 11) is 3.87. The van der Waals surface area contributed by atoms with Crippen LogP contribution in [0.25, 0.3) is 0 Å². The average Bonchev–Trinajstić information content (AvgIpc) is 2.74. The van der Waals surface area contributed by atoms with Gasteiger partial charge in [0.2, 0.25) is 5.91 Å². The second-order valence-corrected chi connectivity index (χ2v) is 5.08. The number of nitrogens with zero attached hydrogens (tertiary/aromatic N) is 3. The Hall–Kier alpha value is -1.62. The first-order chi connectivity index (χ1) is 8.56. The van der Waals surface area contributed by atoms with Crippen molar-refractivity contribution in [3.8, 4) is 0 Å². The Morgan fingerprint density at radius 3 is 3.11 bits per heavy atom. The quantitative estimate of drug-likeness (QED) is 0.785. The minimum Gasteiger partial charge on any atom is -0.366 e. The predicted octanol–water partition coefficient (Wildman–Crippen LogP) is 0.419. The zero-order valence-electron chi connectivity index (χ0n) is 11.0. The van der Waals surface area contributed by atoms with Crippen LogP contribution in [0.3, 0.4) is 0 Å². The lowest BCUT2D eigenvalue weighted by Gasteiger charge is -2.22. The molecule has 1 amide bonds. The van der Waals surface area contributed by atoms with Crippen LogP contribution in [0.2, 0.25) is 0 Å². The maximum absolute atomic E-state index is 11.4. The van der Waals surface area contributed by atoms with Crippen molar-refractivity contribution in [2.75, 3.05) is 20.6 Å². The highest BCUT2D eigenvalue weighted by molar-refractivity contribution is 5.92. The standard InChI is InChI=1S/C13H20N4O/c1-16(2)9-11(13(14)18)7-10-3-5-17-6-4-15-12(17)8-10/h4,6-7,10H,3,5,8-9H2,1-2H3,(H2,14,18). The molecule has 0 saturated heterocycles. The number of hydrogen-bond donors (Lipinski definition) is 1. The van der Waals surface area contributed by atoms with Gasteiger partial charge in [-0.2, -0.15) is 0 Å². The molecule has 18 heavy (non-hydrogen) atoms. The normalized spacial score (nSPS) is 19.9. The minimum absolute atomic E-state index is 0.322. The third-order valence-corrected chi connectivity index (χ3v) is 3.23. The second kappa shape index (κ2) is 5.35. The van der Waals surface area contributed by atoms with Gasteiger partial charge in [-0.05, 0) is 26.4 Å². The summed E-state index contributed by atoms with van der Waals surface area (Å²) in [4.78, 5) is 17.7. The molecule has 1 atom stereocenters. The summed E-state index contributed by atoms with van der Waals surface area (Å²) in [5.74, 6) is 1.14. The van der Waals surface area contributed by atoms with E-state index in [1.165, 1.54) is 0 Å². The van der Waals surface area contributed by atoms with E-state index in [1.807, 2.05) is 37.5 Å². The monoisotopic (exact) mass is 248 g/mol. The number of hydrogen-bond acceptors (Lipinski definition) is 3. The maximum Gasteiger partial charge on any atom is 0.245 e. The van der Waals surface area contributed by atoms with E-state index >= 15 is 0 Å². The molecule has 0 radical (unpaired) electrons. The number of carbonyl (C=O) groups excluding carboxylic acids is 1. The number of allylic oxidation sites excluding steroid dienone is 1. The van der Waals surface area contributed by atoms with Crippen molar-refractivity contribution in [2.24, 2.45) is 11.7 Å². The molecule has 5 heteroatoms. The average molecular weight is 248 g/mol. The Morgan fingerprint density at radius 1 is 1.67 bits per heavy atom. The smallest absolute Gasteiger partial charge is 0.245 e. The molecule has 5 nitrogen and oxygen atoms in total. The van der Waals surface area contributed by atoms with Gasteiger partial charge in [-0.25, -0.2) is 4.98 Å². The SMILES string of the molecule is CN(C)CC(=CC1CCn2ccnc2C1)C(N)=O. The molecule has 2 rings (SSSR count). The molecular weight excluding hydrogens is 228 g/mol. The van der Waals surface area contributed by atoms with Crippen molar-refractivity contribution in [2.45, 2.75) is 19.4 Å². The lowest BCUT2D eigenvalue weighted by Crippen LogP contribution is -2.26. The topological polar surface area (TPSA) is 64.2 Å². The van der Waals surface area contributed by atoms with Crippen LogP contribution in [0.15, 0.2) is 24.0 Å². The molecule has 0 aromatic carbocycles. The molecule has 1 aromatic rings. The van der Waals surface area contributed by atoms with Gasteiger partial charge in [0.25, 0.3) is 0 Å². The van der Waals surface area contributed by atoms with Crippen LogP contribution in [0.4, 0.5) is 0 Å². The zero-order valence-corrected chi connectivity index (χ0v) is 11.0. The molecule has 0 aliphatic carbocycles. The number of aromatic nitrogens is 2. The lowest BCUT2D eigenvalue weighted by atomic mass is 9.95. The van der Waals surface area contributed by atoms with Crippen molar-refractivity contribution in [1.82, 2.24) is 14.5 Å². The Balaban J connectivity index is 2.10. The zero-order chi connectivity index (χ0) is 13.1. The molecule has 1 aliphatic heterocycles. The first-order valence-corrected chi connectivity index (χ1v) is 6.21. The molecule has 0 bridgehead atoms. The van der Waals surface area contributed by atoms with Crippen LogP contribution in [-0.4, -0.2) is 41.0 Å². The van der Waals surface area contributed by atoms with Gasteiger partial charge in [0.1, 0.15) is 5.82 Å². The van der Waals surface area contributed by atoms with Crippen molar-refractivity contribution in [1.29, 1.82) is 0 Å². The number of aryl methyl sites for hydroxylation is 1. The summed E-state index contributed by atoms with van der Waals surface area (Å²) in [5.41, 5.74) is 6.12. The molecule has 2 N–H and O–H groups in total. The highest BCUT2D eigenvalue weighted by Crippen LogP contribution is 2.21. The Bertz CT molecular complexity index is 461. The van der Waals surface area contributed by atoms with E-state index in [0.717, 1.165) is 25.2 Å². The fraction of sp³-hybridized carbons (Fsp3) is 0.538. The maximum atomic E-state index is 11.4. The van der Waals surface area contributed by atoms with Crippen molar-refractivity contribution in [3.05, 3.63) is 29.9 Å². The van der Waals surface area contributed by atoms with E-state index < -0.39 is 0 Å². The number of fused-ring (bicyclic) bond motifs is 1. The molecular formula is C13H20N4O. The van der Waals surface area contributed by atoms with Crippen LogP contribution in [0.5, 0.6) is 0 Å². The summed E-state index contributed by atoms with van der Waals surface area (Å²) in [5, 5.41) is 0. The van der Waals surface area contributed by atoms with Crippen LogP contribution in [-0.2, 0) is 17.8 Å². The molecule has 1 aromatic heterocycles. The second-order valence-electron chi connectivity index (χ2n) is 5.08. The summed E-state index contributed by atoms with van der Waals surface area (Å²) in [6.45, 7) is 1.56. The van der Waals surface area contributed by atoms with E-state index in [1.54, 1.807) is 0 Å². The fourth-order valence-corrected chi connectivity index (χ4v) is 2.36. The number of imidazole rings is 1. The van der Waals surface area contributed by atoms with Gasteiger partial charge in [-0.1, -0.05) is 6.08 Å². The largest absolute Gasteiger partial charge is 0.366 e. The molecule has 2 heterocycles. The molecule has 0 spiro atoms. The van der Waals surface area contributed by atoms with E-state index in [2.05, 4.69) is 9.55 Å². The van der Waals surface area contributed by atoms with E-state index in [-0.39, 0.29) is 5.91 Å². The van der Waals surface area contributed by atoms with E-state index in [0.29, 0.717) is 18.0 Å². The van der Waals surface area contributed by atoms with E-state index in [9.17, 15) is 4.79 Å². The Labute approximate surface area is 107 Å². The molecule has 0 saturated carbocycles. The molecule has 0 fully saturated rings. The highest BCUT2D eigenvalue weighted by atomic mass is 16.1.